The third kappa shape index (κ3) is 6.22. The van der Waals surface area contributed by atoms with Crippen molar-refractivity contribution in [2.75, 3.05) is 0 Å². The molecule has 0 amide bonds. The van der Waals surface area contributed by atoms with Crippen LogP contribution in [0.15, 0.2) is 0 Å². The van der Waals surface area contributed by atoms with Gasteiger partial charge in [0.15, 0.2) is 0 Å². The fourth-order valence-corrected chi connectivity index (χ4v) is 3.51. The second-order valence-electron chi connectivity index (χ2n) is 6.35. The molecule has 1 nitrogen and oxygen atoms in total. The first-order valence-corrected chi connectivity index (χ1v) is 8.46. The summed E-state index contributed by atoms with van der Waals surface area (Å²) in [6.07, 6.45) is 15.8. The molecule has 3 unspecified atom stereocenters. The van der Waals surface area contributed by atoms with E-state index < -0.39 is 0 Å². The molecular formula is C17H34O. The van der Waals surface area contributed by atoms with E-state index in [1.54, 1.807) is 0 Å². The smallest absolute Gasteiger partial charge is 0.0568 e. The van der Waals surface area contributed by atoms with E-state index in [2.05, 4.69) is 13.8 Å². The molecule has 0 heterocycles. The van der Waals surface area contributed by atoms with Crippen molar-refractivity contribution in [3.63, 3.8) is 0 Å². The first kappa shape index (κ1) is 16.0. The monoisotopic (exact) mass is 254 g/mol. The Balaban J connectivity index is 2.10. The zero-order chi connectivity index (χ0) is 13.2. The van der Waals surface area contributed by atoms with Gasteiger partial charge >= 0.3 is 0 Å². The van der Waals surface area contributed by atoms with Gasteiger partial charge in [0, 0.05) is 0 Å². The molecule has 0 bridgehead atoms. The van der Waals surface area contributed by atoms with Crippen LogP contribution in [-0.2, 0) is 0 Å². The van der Waals surface area contributed by atoms with Gasteiger partial charge in [-0.1, -0.05) is 65.2 Å². The molecule has 0 aliphatic heterocycles. The summed E-state index contributed by atoms with van der Waals surface area (Å²) in [4.78, 5) is 0. The van der Waals surface area contributed by atoms with E-state index in [0.29, 0.717) is 5.92 Å². The Labute approximate surface area is 114 Å². The van der Waals surface area contributed by atoms with Crippen LogP contribution in [0.4, 0.5) is 0 Å². The standard InChI is InChI=1S/C17H34O/c1-3-5-6-7-8-9-11-16-14-15(10-4-2)12-13-17(16)18/h15-18H,3-14H2,1-2H3. The lowest BCUT2D eigenvalue weighted by atomic mass is 9.75. The van der Waals surface area contributed by atoms with Crippen LogP contribution in [0.25, 0.3) is 0 Å². The minimum absolute atomic E-state index is 0.00810. The summed E-state index contributed by atoms with van der Waals surface area (Å²) in [7, 11) is 0. The van der Waals surface area contributed by atoms with Crippen molar-refractivity contribution in [2.45, 2.75) is 97.0 Å². The first-order chi connectivity index (χ1) is 8.77. The van der Waals surface area contributed by atoms with Gasteiger partial charge in [0.1, 0.15) is 0 Å². The van der Waals surface area contributed by atoms with Crippen molar-refractivity contribution in [2.24, 2.45) is 11.8 Å². The highest BCUT2D eigenvalue weighted by Crippen LogP contribution is 2.35. The quantitative estimate of drug-likeness (QED) is 0.552. The molecule has 1 rings (SSSR count). The fourth-order valence-electron chi connectivity index (χ4n) is 3.51. The van der Waals surface area contributed by atoms with E-state index in [9.17, 15) is 5.11 Å². The van der Waals surface area contributed by atoms with Gasteiger partial charge in [-0.25, -0.2) is 0 Å². The van der Waals surface area contributed by atoms with Gasteiger partial charge < -0.3 is 5.11 Å². The second-order valence-corrected chi connectivity index (χ2v) is 6.35. The maximum absolute atomic E-state index is 10.1. The molecule has 0 aromatic rings. The molecule has 3 atom stereocenters. The van der Waals surface area contributed by atoms with Gasteiger partial charge in [-0.2, -0.15) is 0 Å². The van der Waals surface area contributed by atoms with E-state index in [0.717, 1.165) is 12.3 Å². The van der Waals surface area contributed by atoms with Crippen molar-refractivity contribution >= 4 is 0 Å². The molecule has 1 aliphatic rings. The summed E-state index contributed by atoms with van der Waals surface area (Å²) < 4.78 is 0. The summed E-state index contributed by atoms with van der Waals surface area (Å²) in [6.45, 7) is 4.56. The highest BCUT2D eigenvalue weighted by molar-refractivity contribution is 4.79. The minimum Gasteiger partial charge on any atom is -0.393 e. The molecule has 0 aromatic carbocycles. The molecule has 18 heavy (non-hydrogen) atoms. The zero-order valence-corrected chi connectivity index (χ0v) is 12.7. The number of aliphatic hydroxyl groups is 1. The van der Waals surface area contributed by atoms with Crippen LogP contribution in [0.2, 0.25) is 0 Å². The fraction of sp³-hybridized carbons (Fsp3) is 1.00. The van der Waals surface area contributed by atoms with Crippen molar-refractivity contribution in [3.05, 3.63) is 0 Å². The average molecular weight is 254 g/mol. The molecule has 0 aromatic heterocycles. The maximum Gasteiger partial charge on any atom is 0.0568 e. The molecule has 1 heteroatoms. The van der Waals surface area contributed by atoms with Crippen molar-refractivity contribution in [3.8, 4) is 0 Å². The van der Waals surface area contributed by atoms with Gasteiger partial charge in [0.05, 0.1) is 6.10 Å². The molecule has 1 fully saturated rings. The van der Waals surface area contributed by atoms with Gasteiger partial charge in [0.25, 0.3) is 0 Å². The maximum atomic E-state index is 10.1. The lowest BCUT2D eigenvalue weighted by Gasteiger charge is -2.33. The Kier molecular flexibility index (Phi) is 8.75. The lowest BCUT2D eigenvalue weighted by Crippen LogP contribution is -2.29. The van der Waals surface area contributed by atoms with E-state index in [1.807, 2.05) is 0 Å². The van der Waals surface area contributed by atoms with Crippen molar-refractivity contribution in [1.82, 2.24) is 0 Å². The van der Waals surface area contributed by atoms with E-state index in [4.69, 9.17) is 0 Å². The SMILES string of the molecule is CCCCCCCCC1CC(CCC)CCC1O. The van der Waals surface area contributed by atoms with Crippen LogP contribution in [0.1, 0.15) is 90.9 Å². The Hall–Kier alpha value is -0.0400. The summed E-state index contributed by atoms with van der Waals surface area (Å²) >= 11 is 0. The molecule has 0 saturated heterocycles. The predicted octanol–water partition coefficient (Wildman–Crippen LogP) is 5.31. The molecular weight excluding hydrogens is 220 g/mol. The Morgan fingerprint density at radius 3 is 2.28 bits per heavy atom. The van der Waals surface area contributed by atoms with Gasteiger partial charge in [-0.15, -0.1) is 0 Å². The normalized spacial score (nSPS) is 28.5. The number of rotatable bonds is 9. The topological polar surface area (TPSA) is 20.2 Å². The van der Waals surface area contributed by atoms with E-state index in [1.165, 1.54) is 70.6 Å². The zero-order valence-electron chi connectivity index (χ0n) is 12.7. The average Bonchev–Trinajstić information content (AvgIpc) is 2.37. The third-order valence-corrected chi connectivity index (χ3v) is 4.68. The van der Waals surface area contributed by atoms with Crippen LogP contribution in [0.5, 0.6) is 0 Å². The van der Waals surface area contributed by atoms with Gasteiger partial charge in [-0.05, 0) is 37.5 Å². The Morgan fingerprint density at radius 1 is 0.833 bits per heavy atom. The van der Waals surface area contributed by atoms with Crippen LogP contribution in [0, 0.1) is 11.8 Å². The number of unbranched alkanes of at least 4 members (excludes halogenated alkanes) is 5. The molecule has 1 aliphatic carbocycles. The third-order valence-electron chi connectivity index (χ3n) is 4.68. The molecule has 0 radical (unpaired) electrons. The van der Waals surface area contributed by atoms with Crippen LogP contribution < -0.4 is 0 Å². The van der Waals surface area contributed by atoms with Gasteiger partial charge in [0.2, 0.25) is 0 Å². The highest BCUT2D eigenvalue weighted by Gasteiger charge is 2.27. The summed E-state index contributed by atoms with van der Waals surface area (Å²) in [5.41, 5.74) is 0. The van der Waals surface area contributed by atoms with Crippen LogP contribution >= 0.6 is 0 Å². The molecule has 108 valence electrons. The van der Waals surface area contributed by atoms with E-state index in [-0.39, 0.29) is 6.10 Å². The summed E-state index contributed by atoms with van der Waals surface area (Å²) in [5.74, 6) is 1.52. The number of aliphatic hydroxyl groups excluding tert-OH is 1. The number of hydrogen-bond donors (Lipinski definition) is 1. The lowest BCUT2D eigenvalue weighted by molar-refractivity contribution is 0.0405. The Bertz CT molecular complexity index is 190. The van der Waals surface area contributed by atoms with Crippen molar-refractivity contribution < 1.29 is 5.11 Å². The largest absolute Gasteiger partial charge is 0.393 e. The summed E-state index contributed by atoms with van der Waals surface area (Å²) in [6, 6.07) is 0. The molecule has 1 N–H and O–H groups in total. The minimum atomic E-state index is 0.00810. The number of hydrogen-bond acceptors (Lipinski definition) is 1. The van der Waals surface area contributed by atoms with Crippen LogP contribution in [0.3, 0.4) is 0 Å². The summed E-state index contributed by atoms with van der Waals surface area (Å²) in [5, 5.41) is 10.1. The van der Waals surface area contributed by atoms with E-state index >= 15 is 0 Å². The second kappa shape index (κ2) is 9.83. The van der Waals surface area contributed by atoms with Gasteiger partial charge in [-0.3, -0.25) is 0 Å². The molecule has 0 spiro atoms. The highest BCUT2D eigenvalue weighted by atomic mass is 16.3. The van der Waals surface area contributed by atoms with Crippen LogP contribution in [-0.4, -0.2) is 11.2 Å². The predicted molar refractivity (Wildman–Crippen MR) is 79.7 cm³/mol. The molecule has 1 saturated carbocycles. The Morgan fingerprint density at radius 2 is 1.56 bits per heavy atom. The van der Waals surface area contributed by atoms with Crippen molar-refractivity contribution in [1.29, 1.82) is 0 Å². The first-order valence-electron chi connectivity index (χ1n) is 8.46.